The molecule has 40 heavy (non-hydrogen) atoms. The van der Waals surface area contributed by atoms with Crippen LogP contribution in [0, 0.1) is 5.82 Å². The number of halogens is 1. The molecule has 2 aromatic heterocycles. The van der Waals surface area contributed by atoms with Crippen LogP contribution in [0.25, 0.3) is 32.9 Å². The smallest absolute Gasteiger partial charge is 0.322 e. The largest absolute Gasteiger partial charge is 0.480 e. The number of carbonyl (C=O) groups excluding carboxylic acids is 2. The fraction of sp³-hybridized carbons (Fsp3) is 0.370. The van der Waals surface area contributed by atoms with Gasteiger partial charge in [-0.15, -0.1) is 0 Å². The Morgan fingerprint density at radius 1 is 1.05 bits per heavy atom. The molecule has 0 radical (unpaired) electrons. The second-order valence-electron chi connectivity index (χ2n) is 9.95. The minimum Gasteiger partial charge on any atom is -0.480 e. The summed E-state index contributed by atoms with van der Waals surface area (Å²) in [7, 11) is 1.80. The van der Waals surface area contributed by atoms with Crippen LogP contribution in [-0.4, -0.2) is 80.8 Å². The van der Waals surface area contributed by atoms with Crippen molar-refractivity contribution in [3.8, 4) is 11.1 Å². The van der Waals surface area contributed by atoms with Gasteiger partial charge in [0.2, 0.25) is 11.8 Å². The highest BCUT2D eigenvalue weighted by atomic mass is 19.1. The maximum absolute atomic E-state index is 15.5. The number of anilines is 1. The van der Waals surface area contributed by atoms with E-state index in [1.807, 2.05) is 26.0 Å². The molecule has 13 heteroatoms. The van der Waals surface area contributed by atoms with E-state index in [2.05, 4.69) is 20.6 Å². The molecule has 1 aliphatic rings. The quantitative estimate of drug-likeness (QED) is 0.300. The Bertz CT molecular complexity index is 1600. The van der Waals surface area contributed by atoms with E-state index in [4.69, 9.17) is 14.9 Å². The number of hydrogen-bond acceptors (Lipinski definition) is 7. The number of carbonyl (C=O) groups is 3. The van der Waals surface area contributed by atoms with Crippen molar-refractivity contribution < 1.29 is 28.6 Å². The first kappa shape index (κ1) is 27.1. The van der Waals surface area contributed by atoms with Gasteiger partial charge in [0.25, 0.3) is 0 Å². The van der Waals surface area contributed by atoms with Gasteiger partial charge >= 0.3 is 5.97 Å². The van der Waals surface area contributed by atoms with Crippen LogP contribution in [0.3, 0.4) is 0 Å². The number of carboxylic acids is 1. The van der Waals surface area contributed by atoms with E-state index in [1.54, 1.807) is 30.1 Å². The summed E-state index contributed by atoms with van der Waals surface area (Å²) in [4.78, 5) is 37.4. The molecule has 1 aliphatic heterocycles. The minimum atomic E-state index is -1.18. The Balaban J connectivity index is 1.55. The Labute approximate surface area is 228 Å². The molecule has 0 aliphatic carbocycles. The number of nitrogens with zero attached hydrogens (tertiary/aromatic N) is 5. The van der Waals surface area contributed by atoms with E-state index in [-0.39, 0.29) is 25.3 Å². The van der Waals surface area contributed by atoms with Crippen LogP contribution in [0.2, 0.25) is 0 Å². The number of carboxylic acid groups (broad SMARTS) is 1. The van der Waals surface area contributed by atoms with Crippen LogP contribution in [0.4, 0.5) is 10.2 Å². The van der Waals surface area contributed by atoms with Crippen LogP contribution in [0.5, 0.6) is 0 Å². The summed E-state index contributed by atoms with van der Waals surface area (Å²) in [6.07, 6.45) is 1.49. The molecule has 2 amide bonds. The molecule has 2 atom stereocenters. The van der Waals surface area contributed by atoms with E-state index in [9.17, 15) is 14.4 Å². The third-order valence-electron chi connectivity index (χ3n) is 6.78. The van der Waals surface area contributed by atoms with Gasteiger partial charge in [0.15, 0.2) is 5.82 Å². The number of fused-ring (bicyclic) bond motifs is 2. The normalized spacial score (nSPS) is 17.4. The zero-order chi connectivity index (χ0) is 28.6. The lowest BCUT2D eigenvalue weighted by Crippen LogP contribution is -2.45. The first-order valence-electron chi connectivity index (χ1n) is 12.9. The van der Waals surface area contributed by atoms with Gasteiger partial charge in [-0.1, -0.05) is 12.1 Å². The van der Waals surface area contributed by atoms with Crippen molar-refractivity contribution in [1.82, 2.24) is 30.2 Å². The predicted octanol–water partition coefficient (Wildman–Crippen LogP) is 1.66. The summed E-state index contributed by atoms with van der Waals surface area (Å²) in [6, 6.07) is 8.66. The van der Waals surface area contributed by atoms with E-state index < -0.39 is 30.1 Å². The van der Waals surface area contributed by atoms with Crippen LogP contribution < -0.4 is 15.5 Å². The molecule has 0 bridgehead atoms. The molecular weight excluding hydrogens is 521 g/mol. The highest BCUT2D eigenvalue weighted by molar-refractivity contribution is 6.04. The lowest BCUT2D eigenvalue weighted by Gasteiger charge is -2.35. The summed E-state index contributed by atoms with van der Waals surface area (Å²) in [6.45, 7) is 3.95. The molecule has 1 saturated heterocycles. The lowest BCUT2D eigenvalue weighted by molar-refractivity contribution is -0.137. The highest BCUT2D eigenvalue weighted by Gasteiger charge is 2.28. The number of aryl methyl sites for hydroxylation is 1. The Morgan fingerprint density at radius 3 is 2.50 bits per heavy atom. The molecule has 5 rings (SSSR count). The van der Waals surface area contributed by atoms with Crippen LogP contribution in [0.1, 0.15) is 13.8 Å². The molecule has 2 aromatic carbocycles. The number of ether oxygens (including phenoxy) is 1. The molecule has 210 valence electrons. The van der Waals surface area contributed by atoms with Gasteiger partial charge in [0.1, 0.15) is 18.9 Å². The van der Waals surface area contributed by atoms with Crippen molar-refractivity contribution in [3.05, 3.63) is 42.3 Å². The minimum absolute atomic E-state index is 0.0637. The third-order valence-corrected chi connectivity index (χ3v) is 6.78. The van der Waals surface area contributed by atoms with Crippen molar-refractivity contribution in [2.24, 2.45) is 7.05 Å². The number of nitrogens with one attached hydrogen (secondary N) is 2. The van der Waals surface area contributed by atoms with Crippen LogP contribution in [0.15, 0.2) is 36.5 Å². The van der Waals surface area contributed by atoms with E-state index in [0.29, 0.717) is 46.3 Å². The summed E-state index contributed by atoms with van der Waals surface area (Å²) >= 11 is 0. The summed E-state index contributed by atoms with van der Waals surface area (Å²) in [5.41, 5.74) is 2.40. The second kappa shape index (κ2) is 10.9. The van der Waals surface area contributed by atoms with Crippen LogP contribution >= 0.6 is 0 Å². The summed E-state index contributed by atoms with van der Waals surface area (Å²) < 4.78 is 24.6. The monoisotopic (exact) mass is 551 g/mol. The fourth-order valence-electron chi connectivity index (χ4n) is 5.11. The molecule has 0 saturated carbocycles. The van der Waals surface area contributed by atoms with Crippen molar-refractivity contribution in [2.75, 3.05) is 31.1 Å². The average molecular weight is 552 g/mol. The van der Waals surface area contributed by atoms with Gasteiger partial charge in [0.05, 0.1) is 41.4 Å². The van der Waals surface area contributed by atoms with E-state index in [1.165, 1.54) is 10.7 Å². The number of aliphatic carboxylic acids is 1. The van der Waals surface area contributed by atoms with Crippen LogP contribution in [-0.2, 0) is 32.7 Å². The molecule has 3 N–H and O–H groups in total. The molecule has 0 unspecified atom stereocenters. The number of hydrogen-bond donors (Lipinski definition) is 3. The Hall–Kier alpha value is -4.52. The van der Waals surface area contributed by atoms with Gasteiger partial charge in [0, 0.05) is 31.1 Å². The maximum atomic E-state index is 15.5. The highest BCUT2D eigenvalue weighted by Crippen LogP contribution is 2.38. The average Bonchev–Trinajstić information content (AvgIpc) is 3.45. The number of benzene rings is 2. The van der Waals surface area contributed by atoms with E-state index >= 15 is 4.39 Å². The third kappa shape index (κ3) is 5.45. The van der Waals surface area contributed by atoms with Crippen molar-refractivity contribution >= 4 is 45.4 Å². The fourth-order valence-corrected chi connectivity index (χ4v) is 5.11. The number of aromatic nitrogens is 4. The second-order valence-corrected chi connectivity index (χ2v) is 9.95. The Morgan fingerprint density at radius 2 is 1.77 bits per heavy atom. The lowest BCUT2D eigenvalue weighted by atomic mass is 9.99. The van der Waals surface area contributed by atoms with Crippen molar-refractivity contribution in [3.63, 3.8) is 0 Å². The van der Waals surface area contributed by atoms with Crippen molar-refractivity contribution in [1.29, 1.82) is 0 Å². The number of amides is 2. The predicted molar refractivity (Wildman–Crippen MR) is 145 cm³/mol. The number of rotatable bonds is 8. The number of morpholine rings is 1. The van der Waals surface area contributed by atoms with Gasteiger partial charge < -0.3 is 25.4 Å². The zero-order valence-corrected chi connectivity index (χ0v) is 22.3. The van der Waals surface area contributed by atoms with Gasteiger partial charge in [-0.3, -0.25) is 23.7 Å². The molecule has 12 nitrogen and oxygen atoms in total. The zero-order valence-electron chi connectivity index (χ0n) is 22.3. The molecule has 4 aromatic rings. The van der Waals surface area contributed by atoms with Gasteiger partial charge in [-0.2, -0.15) is 10.2 Å². The summed E-state index contributed by atoms with van der Waals surface area (Å²) in [5, 5.41) is 23.8. The molecule has 0 spiro atoms. The first-order valence-corrected chi connectivity index (χ1v) is 12.9. The van der Waals surface area contributed by atoms with Crippen molar-refractivity contribution in [2.45, 2.75) is 32.6 Å². The van der Waals surface area contributed by atoms with Gasteiger partial charge in [-0.05, 0) is 37.6 Å². The van der Waals surface area contributed by atoms with Gasteiger partial charge in [-0.25, -0.2) is 4.39 Å². The van der Waals surface area contributed by atoms with E-state index in [0.717, 1.165) is 5.52 Å². The molecular formula is C27H30FN7O5. The SMILES string of the molecule is C[C@@H]1CN(c2nn(CC(=O)NCC(=O)NCC(=O)O)c3cccc(-c4cc5c(cnn5C)cc4F)c23)C[C@H](C)O1. The summed E-state index contributed by atoms with van der Waals surface area (Å²) in [5.74, 6) is -2.10. The first-order chi connectivity index (χ1) is 19.1. The molecule has 1 fully saturated rings. The standard InChI is InChI=1S/C27H30FN7O5/c1-15-12-34(13-16(2)40-15)27-26-18(19-8-22-17(7-20(19)28)9-31-33(22)3)5-4-6-21(26)35(32-27)14-24(37)29-10-23(36)30-11-25(38)39/h4-9,15-16H,10-14H2,1-3H3,(H,29,37)(H,30,36)(H,38,39)/t15-,16+. The topological polar surface area (TPSA) is 144 Å². The molecule has 3 heterocycles. The Kier molecular flexibility index (Phi) is 7.39. The maximum Gasteiger partial charge on any atom is 0.322 e.